The highest BCUT2D eigenvalue weighted by molar-refractivity contribution is 6.32. The van der Waals surface area contributed by atoms with E-state index in [-0.39, 0.29) is 11.8 Å². The molecule has 26 heavy (non-hydrogen) atoms. The summed E-state index contributed by atoms with van der Waals surface area (Å²) in [7, 11) is 0. The molecule has 1 heterocycles. The smallest absolute Gasteiger partial charge is 0.265 e. The molecule has 1 N–H and O–H groups in total. The number of rotatable bonds is 5. The summed E-state index contributed by atoms with van der Waals surface area (Å²) in [6, 6.07) is 13.9. The minimum Gasteiger partial charge on any atom is -0.479 e. The molecular formula is C20H21ClN2O3. The van der Waals surface area contributed by atoms with Gasteiger partial charge in [0.2, 0.25) is 0 Å². The number of nitrogens with one attached hydrogen (secondary N) is 1. The first kappa shape index (κ1) is 18.3. The van der Waals surface area contributed by atoms with Crippen molar-refractivity contribution in [2.75, 3.05) is 18.4 Å². The van der Waals surface area contributed by atoms with Gasteiger partial charge in [-0.2, -0.15) is 0 Å². The van der Waals surface area contributed by atoms with Crippen LogP contribution in [0.5, 0.6) is 5.75 Å². The number of nitrogens with zero attached hydrogens (tertiary/aromatic N) is 1. The van der Waals surface area contributed by atoms with Crippen molar-refractivity contribution in [1.29, 1.82) is 0 Å². The Balaban J connectivity index is 1.58. The standard InChI is InChI=1S/C20H21ClN2O3/c1-14(26-18-7-3-2-6-17(18)21)19(24)22-16-10-8-15(9-11-16)20(25)23-12-4-5-13-23/h2-3,6-11,14H,4-5,12-13H2,1H3,(H,22,24)/t14-/m0/s1. The molecule has 5 nitrogen and oxygen atoms in total. The summed E-state index contributed by atoms with van der Waals surface area (Å²) in [5, 5.41) is 3.24. The minimum atomic E-state index is -0.708. The van der Waals surface area contributed by atoms with Crippen LogP contribution >= 0.6 is 11.6 Å². The van der Waals surface area contributed by atoms with Gasteiger partial charge in [0.1, 0.15) is 5.75 Å². The Morgan fingerprint density at radius 2 is 1.73 bits per heavy atom. The van der Waals surface area contributed by atoms with E-state index < -0.39 is 6.10 Å². The Kier molecular flexibility index (Phi) is 5.78. The number of carbonyl (C=O) groups is 2. The van der Waals surface area contributed by atoms with E-state index in [0.717, 1.165) is 25.9 Å². The van der Waals surface area contributed by atoms with E-state index in [4.69, 9.17) is 16.3 Å². The quantitative estimate of drug-likeness (QED) is 0.863. The van der Waals surface area contributed by atoms with Crippen molar-refractivity contribution < 1.29 is 14.3 Å². The zero-order valence-corrected chi connectivity index (χ0v) is 15.3. The van der Waals surface area contributed by atoms with E-state index in [1.54, 1.807) is 55.5 Å². The Hall–Kier alpha value is -2.53. The van der Waals surface area contributed by atoms with Crippen molar-refractivity contribution in [3.63, 3.8) is 0 Å². The molecule has 1 aliphatic rings. The number of para-hydroxylation sites is 1. The number of likely N-dealkylation sites (tertiary alicyclic amines) is 1. The van der Waals surface area contributed by atoms with Crippen molar-refractivity contribution in [1.82, 2.24) is 4.90 Å². The summed E-state index contributed by atoms with van der Waals surface area (Å²) < 4.78 is 5.60. The molecule has 0 aromatic heterocycles. The van der Waals surface area contributed by atoms with Crippen LogP contribution in [0.25, 0.3) is 0 Å². The second-order valence-corrected chi connectivity index (χ2v) is 6.66. The fraction of sp³-hybridized carbons (Fsp3) is 0.300. The average molecular weight is 373 g/mol. The topological polar surface area (TPSA) is 58.6 Å². The summed E-state index contributed by atoms with van der Waals surface area (Å²) in [5.41, 5.74) is 1.24. The van der Waals surface area contributed by atoms with Crippen molar-refractivity contribution in [2.45, 2.75) is 25.9 Å². The second-order valence-electron chi connectivity index (χ2n) is 6.26. The molecule has 0 unspecified atom stereocenters. The predicted molar refractivity (Wildman–Crippen MR) is 102 cm³/mol. The lowest BCUT2D eigenvalue weighted by atomic mass is 10.2. The van der Waals surface area contributed by atoms with E-state index >= 15 is 0 Å². The van der Waals surface area contributed by atoms with E-state index in [1.807, 2.05) is 4.90 Å². The number of amides is 2. The molecule has 6 heteroatoms. The number of hydrogen-bond donors (Lipinski definition) is 1. The summed E-state index contributed by atoms with van der Waals surface area (Å²) in [4.78, 5) is 26.5. The molecule has 0 bridgehead atoms. The zero-order valence-electron chi connectivity index (χ0n) is 14.6. The third-order valence-electron chi connectivity index (χ3n) is 4.30. The van der Waals surface area contributed by atoms with Crippen molar-refractivity contribution in [3.8, 4) is 5.75 Å². The minimum absolute atomic E-state index is 0.0378. The number of hydrogen-bond acceptors (Lipinski definition) is 3. The van der Waals surface area contributed by atoms with Gasteiger partial charge >= 0.3 is 0 Å². The lowest BCUT2D eigenvalue weighted by molar-refractivity contribution is -0.122. The molecular weight excluding hydrogens is 352 g/mol. The van der Waals surface area contributed by atoms with Crippen LogP contribution in [0.4, 0.5) is 5.69 Å². The first-order chi connectivity index (χ1) is 12.5. The highest BCUT2D eigenvalue weighted by Gasteiger charge is 2.20. The molecule has 1 aliphatic heterocycles. The molecule has 1 fully saturated rings. The summed E-state index contributed by atoms with van der Waals surface area (Å²) in [5.74, 6) is 0.211. The molecule has 2 aromatic rings. The lowest BCUT2D eigenvalue weighted by Crippen LogP contribution is -2.30. The van der Waals surface area contributed by atoms with Gasteiger partial charge in [-0.05, 0) is 56.2 Å². The van der Waals surface area contributed by atoms with E-state index in [2.05, 4.69) is 5.32 Å². The van der Waals surface area contributed by atoms with E-state index in [0.29, 0.717) is 22.0 Å². The number of benzene rings is 2. The largest absolute Gasteiger partial charge is 0.479 e. The van der Waals surface area contributed by atoms with Gasteiger partial charge in [-0.25, -0.2) is 0 Å². The third kappa shape index (κ3) is 4.35. The Bertz CT molecular complexity index is 786. The molecule has 0 saturated carbocycles. The van der Waals surface area contributed by atoms with Gasteiger partial charge in [-0.15, -0.1) is 0 Å². The van der Waals surface area contributed by atoms with Gasteiger partial charge in [-0.1, -0.05) is 23.7 Å². The van der Waals surface area contributed by atoms with Gasteiger partial charge in [0.05, 0.1) is 5.02 Å². The lowest BCUT2D eigenvalue weighted by Gasteiger charge is -2.17. The Labute approximate surface area is 157 Å². The molecule has 2 amide bonds. The second kappa shape index (κ2) is 8.23. The van der Waals surface area contributed by atoms with Crippen LogP contribution in [0.3, 0.4) is 0 Å². The highest BCUT2D eigenvalue weighted by atomic mass is 35.5. The SMILES string of the molecule is C[C@H](Oc1ccccc1Cl)C(=O)Nc1ccc(C(=O)N2CCCC2)cc1. The van der Waals surface area contributed by atoms with Crippen LogP contribution in [0.1, 0.15) is 30.1 Å². The van der Waals surface area contributed by atoms with Crippen LogP contribution in [0.15, 0.2) is 48.5 Å². The maximum Gasteiger partial charge on any atom is 0.265 e. The molecule has 1 atom stereocenters. The van der Waals surface area contributed by atoms with Crippen molar-refractivity contribution in [2.24, 2.45) is 0 Å². The average Bonchev–Trinajstić information content (AvgIpc) is 3.18. The fourth-order valence-electron chi connectivity index (χ4n) is 2.83. The first-order valence-corrected chi connectivity index (χ1v) is 9.04. The Morgan fingerprint density at radius 1 is 1.08 bits per heavy atom. The van der Waals surface area contributed by atoms with Crippen molar-refractivity contribution >= 4 is 29.1 Å². The molecule has 3 rings (SSSR count). The van der Waals surface area contributed by atoms with Crippen LogP contribution in [-0.4, -0.2) is 35.9 Å². The van der Waals surface area contributed by atoms with Gasteiger partial charge in [-0.3, -0.25) is 9.59 Å². The third-order valence-corrected chi connectivity index (χ3v) is 4.61. The van der Waals surface area contributed by atoms with Crippen LogP contribution < -0.4 is 10.1 Å². The van der Waals surface area contributed by atoms with Gasteiger partial charge in [0, 0.05) is 24.3 Å². The Morgan fingerprint density at radius 3 is 2.38 bits per heavy atom. The van der Waals surface area contributed by atoms with Crippen molar-refractivity contribution in [3.05, 3.63) is 59.1 Å². The fourth-order valence-corrected chi connectivity index (χ4v) is 3.01. The predicted octanol–water partition coefficient (Wildman–Crippen LogP) is 3.98. The first-order valence-electron chi connectivity index (χ1n) is 8.66. The molecule has 0 spiro atoms. The maximum absolute atomic E-state index is 12.3. The maximum atomic E-state index is 12.3. The summed E-state index contributed by atoms with van der Waals surface area (Å²) in [6.07, 6.45) is 1.41. The summed E-state index contributed by atoms with van der Waals surface area (Å²) >= 11 is 6.04. The zero-order chi connectivity index (χ0) is 18.5. The van der Waals surface area contributed by atoms with E-state index in [1.165, 1.54) is 0 Å². The van der Waals surface area contributed by atoms with Crippen LogP contribution in [-0.2, 0) is 4.79 Å². The number of carbonyl (C=O) groups excluding carboxylic acids is 2. The normalized spacial score (nSPS) is 14.8. The molecule has 0 aliphatic carbocycles. The van der Waals surface area contributed by atoms with Gasteiger partial charge in [0.15, 0.2) is 6.10 Å². The van der Waals surface area contributed by atoms with Gasteiger partial charge in [0.25, 0.3) is 11.8 Å². The number of ether oxygens (including phenoxy) is 1. The number of halogens is 1. The molecule has 0 radical (unpaired) electrons. The molecule has 1 saturated heterocycles. The van der Waals surface area contributed by atoms with E-state index in [9.17, 15) is 9.59 Å². The monoisotopic (exact) mass is 372 g/mol. The number of anilines is 1. The van der Waals surface area contributed by atoms with Gasteiger partial charge < -0.3 is 15.0 Å². The molecule has 136 valence electrons. The molecule has 2 aromatic carbocycles. The van der Waals surface area contributed by atoms with Crippen LogP contribution in [0.2, 0.25) is 5.02 Å². The summed E-state index contributed by atoms with van der Waals surface area (Å²) in [6.45, 7) is 3.28. The highest BCUT2D eigenvalue weighted by Crippen LogP contribution is 2.24. The van der Waals surface area contributed by atoms with Crippen LogP contribution in [0, 0.1) is 0 Å².